The first-order chi connectivity index (χ1) is 11.6. The highest BCUT2D eigenvalue weighted by atomic mass is 16.5. The molecule has 0 aromatic heterocycles. The minimum absolute atomic E-state index is 0.000487. The van der Waals surface area contributed by atoms with Gasteiger partial charge in [-0.25, -0.2) is 4.79 Å². The van der Waals surface area contributed by atoms with Crippen LogP contribution in [0.5, 0.6) is 0 Å². The third kappa shape index (κ3) is 5.89. The molecule has 0 aliphatic rings. The van der Waals surface area contributed by atoms with Crippen molar-refractivity contribution in [2.24, 2.45) is 5.92 Å². The Morgan fingerprint density at radius 2 is 1.60 bits per heavy atom. The Bertz CT molecular complexity index is 616. The fraction of sp³-hybridized carbons (Fsp3) is 0.526. The molecule has 0 aliphatic heterocycles. The van der Waals surface area contributed by atoms with Crippen LogP contribution in [-0.2, 0) is 24.5 Å². The van der Waals surface area contributed by atoms with E-state index in [9.17, 15) is 14.4 Å². The Morgan fingerprint density at radius 1 is 1.04 bits per heavy atom. The average molecular weight is 349 g/mol. The first-order valence-corrected chi connectivity index (χ1v) is 8.16. The Kier molecular flexibility index (Phi) is 7.15. The molecule has 0 heterocycles. The second kappa shape index (κ2) is 8.65. The van der Waals surface area contributed by atoms with Gasteiger partial charge < -0.3 is 14.8 Å². The molecule has 1 N–H and O–H groups in total. The van der Waals surface area contributed by atoms with Gasteiger partial charge in [0, 0.05) is 5.56 Å². The number of methoxy groups -OCH3 is 2. The Balaban J connectivity index is 2.91. The Labute approximate surface area is 148 Å². The largest absolute Gasteiger partial charge is 0.469 e. The van der Waals surface area contributed by atoms with Gasteiger partial charge in [-0.15, -0.1) is 0 Å². The summed E-state index contributed by atoms with van der Waals surface area (Å²) in [6, 6.07) is 6.28. The summed E-state index contributed by atoms with van der Waals surface area (Å²) < 4.78 is 9.36. The van der Waals surface area contributed by atoms with E-state index < -0.39 is 29.8 Å². The van der Waals surface area contributed by atoms with Crippen molar-refractivity contribution in [3.63, 3.8) is 0 Å². The van der Waals surface area contributed by atoms with Crippen LogP contribution in [0.1, 0.15) is 50.0 Å². The van der Waals surface area contributed by atoms with Gasteiger partial charge >= 0.3 is 11.9 Å². The van der Waals surface area contributed by atoms with E-state index in [1.54, 1.807) is 19.1 Å². The van der Waals surface area contributed by atoms with E-state index in [2.05, 4.69) is 30.8 Å². The molecule has 1 amide bonds. The normalized spacial score (nSPS) is 13.5. The maximum absolute atomic E-state index is 12.5. The van der Waals surface area contributed by atoms with Gasteiger partial charge in [-0.3, -0.25) is 9.59 Å². The van der Waals surface area contributed by atoms with Gasteiger partial charge in [-0.2, -0.15) is 0 Å². The van der Waals surface area contributed by atoms with Gasteiger partial charge in [-0.1, -0.05) is 39.8 Å². The van der Waals surface area contributed by atoms with Crippen LogP contribution >= 0.6 is 0 Å². The van der Waals surface area contributed by atoms with E-state index in [0.29, 0.717) is 5.56 Å². The van der Waals surface area contributed by atoms with Crippen LogP contribution in [0.3, 0.4) is 0 Å². The Morgan fingerprint density at radius 3 is 2.04 bits per heavy atom. The highest BCUT2D eigenvalue weighted by Crippen LogP contribution is 2.22. The number of amides is 1. The van der Waals surface area contributed by atoms with Crippen LogP contribution in [-0.4, -0.2) is 38.1 Å². The molecule has 0 fully saturated rings. The van der Waals surface area contributed by atoms with Crippen molar-refractivity contribution in [2.45, 2.75) is 45.6 Å². The first kappa shape index (κ1) is 20.7. The van der Waals surface area contributed by atoms with Gasteiger partial charge in [0.25, 0.3) is 5.91 Å². The zero-order chi connectivity index (χ0) is 19.2. The second-order valence-corrected chi connectivity index (χ2v) is 7.06. The minimum Gasteiger partial charge on any atom is -0.469 e. The van der Waals surface area contributed by atoms with Crippen LogP contribution < -0.4 is 5.32 Å². The molecule has 6 nitrogen and oxygen atoms in total. The lowest BCUT2D eigenvalue weighted by atomic mass is 9.86. The lowest BCUT2D eigenvalue weighted by Crippen LogP contribution is -2.46. The summed E-state index contributed by atoms with van der Waals surface area (Å²) in [6.45, 7) is 7.94. The smallest absolute Gasteiger partial charge is 0.328 e. The zero-order valence-electron chi connectivity index (χ0n) is 15.7. The highest BCUT2D eigenvalue weighted by molar-refractivity contribution is 5.97. The molecule has 0 bridgehead atoms. The maximum Gasteiger partial charge on any atom is 0.328 e. The van der Waals surface area contributed by atoms with Crippen molar-refractivity contribution >= 4 is 17.8 Å². The monoisotopic (exact) mass is 349 g/mol. The number of esters is 2. The predicted molar refractivity (Wildman–Crippen MR) is 94.2 cm³/mol. The van der Waals surface area contributed by atoms with Gasteiger partial charge in [0.1, 0.15) is 6.04 Å². The third-order valence-corrected chi connectivity index (χ3v) is 4.04. The summed E-state index contributed by atoms with van der Waals surface area (Å²) in [6.07, 6.45) is -0.000487. The van der Waals surface area contributed by atoms with Crippen LogP contribution in [0.2, 0.25) is 0 Å². The molecule has 0 spiro atoms. The molecule has 0 radical (unpaired) electrons. The van der Waals surface area contributed by atoms with Crippen LogP contribution in [0.25, 0.3) is 0 Å². The van der Waals surface area contributed by atoms with E-state index in [-0.39, 0.29) is 11.8 Å². The number of hydrogen-bond acceptors (Lipinski definition) is 5. The molecule has 0 aliphatic carbocycles. The molecular weight excluding hydrogens is 322 g/mol. The van der Waals surface area contributed by atoms with Crippen LogP contribution in [0.15, 0.2) is 24.3 Å². The van der Waals surface area contributed by atoms with Crippen molar-refractivity contribution in [3.05, 3.63) is 35.4 Å². The van der Waals surface area contributed by atoms with Crippen molar-refractivity contribution in [1.82, 2.24) is 5.32 Å². The lowest BCUT2D eigenvalue weighted by molar-refractivity contribution is -0.146. The molecule has 2 atom stereocenters. The van der Waals surface area contributed by atoms with Gasteiger partial charge in [0.05, 0.1) is 20.6 Å². The molecule has 0 unspecified atom stereocenters. The predicted octanol–water partition coefficient (Wildman–Crippen LogP) is 2.45. The number of carbonyl (C=O) groups is 3. The highest BCUT2D eigenvalue weighted by Gasteiger charge is 2.30. The van der Waals surface area contributed by atoms with Crippen molar-refractivity contribution < 1.29 is 23.9 Å². The third-order valence-electron chi connectivity index (χ3n) is 4.04. The topological polar surface area (TPSA) is 81.7 Å². The van der Waals surface area contributed by atoms with Gasteiger partial charge in [-0.05, 0) is 29.0 Å². The molecule has 6 heteroatoms. The SMILES string of the molecule is COC(=O)C[C@H](C)[C@H](NC(=O)c1ccc(C(C)(C)C)cc1)C(=O)OC. The summed E-state index contributed by atoms with van der Waals surface area (Å²) in [5.41, 5.74) is 1.53. The van der Waals surface area contributed by atoms with Crippen molar-refractivity contribution in [3.8, 4) is 0 Å². The first-order valence-electron chi connectivity index (χ1n) is 8.16. The van der Waals surface area contributed by atoms with Crippen LogP contribution in [0.4, 0.5) is 0 Å². The molecule has 138 valence electrons. The molecule has 0 saturated carbocycles. The van der Waals surface area contributed by atoms with E-state index in [1.165, 1.54) is 14.2 Å². The number of ether oxygens (including phenoxy) is 2. The molecule has 1 aromatic carbocycles. The number of benzene rings is 1. The van der Waals surface area contributed by atoms with Crippen molar-refractivity contribution in [2.75, 3.05) is 14.2 Å². The second-order valence-electron chi connectivity index (χ2n) is 7.06. The quantitative estimate of drug-likeness (QED) is 0.798. The molecule has 25 heavy (non-hydrogen) atoms. The number of nitrogens with one attached hydrogen (secondary N) is 1. The van der Waals surface area contributed by atoms with E-state index in [0.717, 1.165) is 5.56 Å². The maximum atomic E-state index is 12.5. The summed E-state index contributed by atoms with van der Waals surface area (Å²) in [5.74, 6) is -1.91. The average Bonchev–Trinajstić information content (AvgIpc) is 2.57. The van der Waals surface area contributed by atoms with E-state index >= 15 is 0 Å². The van der Waals surface area contributed by atoms with Crippen LogP contribution in [0, 0.1) is 5.92 Å². The molecule has 1 aromatic rings. The van der Waals surface area contributed by atoms with E-state index in [1.807, 2.05) is 12.1 Å². The Hall–Kier alpha value is -2.37. The fourth-order valence-electron chi connectivity index (χ4n) is 2.37. The summed E-state index contributed by atoms with van der Waals surface area (Å²) in [4.78, 5) is 35.9. The minimum atomic E-state index is -0.932. The fourth-order valence-corrected chi connectivity index (χ4v) is 2.37. The number of rotatable bonds is 6. The van der Waals surface area contributed by atoms with E-state index in [4.69, 9.17) is 4.74 Å². The zero-order valence-corrected chi connectivity index (χ0v) is 15.7. The molecular formula is C19H27NO5. The summed E-state index contributed by atoms with van der Waals surface area (Å²) >= 11 is 0. The summed E-state index contributed by atoms with van der Waals surface area (Å²) in [7, 11) is 2.52. The lowest BCUT2D eigenvalue weighted by Gasteiger charge is -2.23. The summed E-state index contributed by atoms with van der Waals surface area (Å²) in [5, 5.41) is 2.65. The number of hydrogen-bond donors (Lipinski definition) is 1. The molecule has 0 saturated heterocycles. The van der Waals surface area contributed by atoms with Gasteiger partial charge in [0.15, 0.2) is 0 Å². The van der Waals surface area contributed by atoms with Crippen molar-refractivity contribution in [1.29, 1.82) is 0 Å². The van der Waals surface area contributed by atoms with Gasteiger partial charge in [0.2, 0.25) is 0 Å². The molecule has 1 rings (SSSR count). The number of carbonyl (C=O) groups excluding carboxylic acids is 3. The standard InChI is InChI=1S/C19H27NO5/c1-12(11-15(21)24-5)16(18(23)25-6)20-17(22)13-7-9-14(10-8-13)19(2,3)4/h7-10,12,16H,11H2,1-6H3,(H,20,22)/t12-,16-/m0/s1.